The predicted molar refractivity (Wildman–Crippen MR) is 72.7 cm³/mol. The van der Waals surface area contributed by atoms with Gasteiger partial charge in [-0.3, -0.25) is 0 Å². The minimum atomic E-state index is 1.15. The Morgan fingerprint density at radius 2 is 1.47 bits per heavy atom. The molecule has 2 aromatic rings. The minimum absolute atomic E-state index is 1.15. The zero-order valence-electron chi connectivity index (χ0n) is 8.13. The van der Waals surface area contributed by atoms with Gasteiger partial charge >= 0.3 is 0 Å². The van der Waals surface area contributed by atoms with Gasteiger partial charge in [0.25, 0.3) is 0 Å². The van der Waals surface area contributed by atoms with Crippen LogP contribution in [0.2, 0.25) is 0 Å². The van der Waals surface area contributed by atoms with Crippen LogP contribution in [0.3, 0.4) is 0 Å². The summed E-state index contributed by atoms with van der Waals surface area (Å²) in [6.45, 7) is 4.17. The van der Waals surface area contributed by atoms with Crippen LogP contribution in [0.1, 0.15) is 11.1 Å². The number of halogens is 1. The lowest BCUT2D eigenvalue weighted by molar-refractivity contribution is 1.61. The third kappa shape index (κ3) is 1.26. The molecule has 0 spiro atoms. The summed E-state index contributed by atoms with van der Waals surface area (Å²) in [7, 11) is 0. The molecule has 3 rings (SSSR count). The largest absolute Gasteiger partial charge is 0.0905 e. The Morgan fingerprint density at radius 3 is 2.27 bits per heavy atom. The molecule has 1 heteroatoms. The molecule has 0 saturated heterocycles. The molecule has 0 unspecified atom stereocenters. The summed E-state index contributed by atoms with van der Waals surface area (Å²) in [5, 5.41) is 0. The second-order valence-corrected chi connectivity index (χ2v) is 4.96. The Labute approximate surface area is 103 Å². The molecule has 2 aromatic carbocycles. The van der Waals surface area contributed by atoms with Crippen molar-refractivity contribution in [3.63, 3.8) is 0 Å². The van der Waals surface area contributed by atoms with Crippen LogP contribution in [-0.4, -0.2) is 0 Å². The van der Waals surface area contributed by atoms with Crippen LogP contribution in [0.5, 0.6) is 0 Å². The van der Waals surface area contributed by atoms with E-state index in [0.29, 0.717) is 0 Å². The molecule has 0 amide bonds. The van der Waals surface area contributed by atoms with E-state index >= 15 is 0 Å². The number of hydrogen-bond acceptors (Lipinski definition) is 0. The van der Waals surface area contributed by atoms with Gasteiger partial charge in [-0.2, -0.15) is 0 Å². The zero-order chi connectivity index (χ0) is 10.4. The van der Waals surface area contributed by atoms with Gasteiger partial charge in [0.05, 0.1) is 0 Å². The Balaban J connectivity index is 2.38. The van der Waals surface area contributed by atoms with Gasteiger partial charge in [0.15, 0.2) is 0 Å². The fraction of sp³-hybridized carbons (Fsp3) is 0. The molecular weight excluding hydrogens is 295 g/mol. The highest BCUT2D eigenvalue weighted by Gasteiger charge is 2.20. The monoisotopic (exact) mass is 304 g/mol. The van der Waals surface area contributed by atoms with Crippen LogP contribution in [0.25, 0.3) is 16.7 Å². The van der Waals surface area contributed by atoms with Crippen molar-refractivity contribution in [2.24, 2.45) is 0 Å². The van der Waals surface area contributed by atoms with Crippen LogP contribution >= 0.6 is 22.6 Å². The summed E-state index contributed by atoms with van der Waals surface area (Å²) in [6, 6.07) is 15.0. The first-order chi connectivity index (χ1) is 7.27. The summed E-state index contributed by atoms with van der Waals surface area (Å²) in [5.74, 6) is 0. The first-order valence-electron chi connectivity index (χ1n) is 4.86. The van der Waals surface area contributed by atoms with E-state index in [2.05, 4.69) is 71.6 Å². The molecule has 0 heterocycles. The van der Waals surface area contributed by atoms with E-state index in [1.807, 2.05) is 0 Å². The summed E-state index contributed by atoms with van der Waals surface area (Å²) < 4.78 is 1.26. The topological polar surface area (TPSA) is 0 Å². The smallest absolute Gasteiger partial charge is 0.0136 e. The fourth-order valence-corrected chi connectivity index (χ4v) is 2.62. The van der Waals surface area contributed by atoms with Gasteiger partial charge < -0.3 is 0 Å². The molecular formula is C14H9I. The normalized spacial score (nSPS) is 12.5. The molecule has 0 nitrogen and oxygen atoms in total. The van der Waals surface area contributed by atoms with Crippen LogP contribution in [0.4, 0.5) is 0 Å². The second kappa shape index (κ2) is 3.20. The van der Waals surface area contributed by atoms with Crippen molar-refractivity contribution in [1.82, 2.24) is 0 Å². The van der Waals surface area contributed by atoms with Gasteiger partial charge in [-0.25, -0.2) is 0 Å². The maximum Gasteiger partial charge on any atom is 0.0136 e. The van der Waals surface area contributed by atoms with Gasteiger partial charge in [-0.15, -0.1) is 0 Å². The van der Waals surface area contributed by atoms with E-state index in [1.165, 1.54) is 25.8 Å². The minimum Gasteiger partial charge on any atom is -0.0905 e. The summed E-state index contributed by atoms with van der Waals surface area (Å²) in [6.07, 6.45) is 0. The van der Waals surface area contributed by atoms with E-state index in [1.54, 1.807) is 0 Å². The van der Waals surface area contributed by atoms with Gasteiger partial charge in [-0.1, -0.05) is 36.9 Å². The molecule has 0 radical (unpaired) electrons. The molecule has 0 fully saturated rings. The standard InChI is InChI=1S/C14H9I/c1-9-11-4-2-3-5-12(11)13-7-6-10(15)8-14(9)13/h2-8H,1H2. The van der Waals surface area contributed by atoms with Crippen LogP contribution in [0, 0.1) is 3.57 Å². The first kappa shape index (κ1) is 9.16. The molecule has 0 bridgehead atoms. The molecule has 72 valence electrons. The Morgan fingerprint density at radius 1 is 0.800 bits per heavy atom. The van der Waals surface area contributed by atoms with Crippen molar-refractivity contribution in [2.45, 2.75) is 0 Å². The number of benzene rings is 2. The SMILES string of the molecule is C=C1c2ccccc2-c2ccc(I)cc21. The van der Waals surface area contributed by atoms with Crippen LogP contribution < -0.4 is 0 Å². The maximum absolute atomic E-state index is 4.17. The highest BCUT2D eigenvalue weighted by molar-refractivity contribution is 14.1. The van der Waals surface area contributed by atoms with E-state index in [9.17, 15) is 0 Å². The molecule has 15 heavy (non-hydrogen) atoms. The van der Waals surface area contributed by atoms with Crippen molar-refractivity contribution >= 4 is 28.2 Å². The number of rotatable bonds is 0. The highest BCUT2D eigenvalue weighted by Crippen LogP contribution is 2.43. The molecule has 0 aliphatic heterocycles. The quantitative estimate of drug-likeness (QED) is 0.542. The van der Waals surface area contributed by atoms with Crippen LogP contribution in [-0.2, 0) is 0 Å². The Kier molecular flexibility index (Phi) is 1.96. The van der Waals surface area contributed by atoms with E-state index in [4.69, 9.17) is 0 Å². The first-order valence-corrected chi connectivity index (χ1v) is 5.94. The van der Waals surface area contributed by atoms with E-state index < -0.39 is 0 Å². The van der Waals surface area contributed by atoms with Gasteiger partial charge in [-0.05, 0) is 62.6 Å². The number of hydrogen-bond donors (Lipinski definition) is 0. The van der Waals surface area contributed by atoms with Crippen molar-refractivity contribution < 1.29 is 0 Å². The van der Waals surface area contributed by atoms with Crippen molar-refractivity contribution in [3.8, 4) is 11.1 Å². The Hall–Kier alpha value is -1.09. The molecule has 1 aliphatic rings. The van der Waals surface area contributed by atoms with Crippen molar-refractivity contribution in [3.05, 3.63) is 63.7 Å². The Bertz CT molecular complexity index is 567. The third-order valence-electron chi connectivity index (χ3n) is 2.85. The fourth-order valence-electron chi connectivity index (χ4n) is 2.13. The average Bonchev–Trinajstić information content (AvgIpc) is 2.54. The third-order valence-corrected chi connectivity index (χ3v) is 3.52. The van der Waals surface area contributed by atoms with E-state index in [-0.39, 0.29) is 0 Å². The highest BCUT2D eigenvalue weighted by atomic mass is 127. The molecule has 0 atom stereocenters. The lowest BCUT2D eigenvalue weighted by Gasteiger charge is -2.00. The zero-order valence-corrected chi connectivity index (χ0v) is 10.3. The lowest BCUT2D eigenvalue weighted by atomic mass is 10.1. The molecule has 0 saturated carbocycles. The molecule has 1 aliphatic carbocycles. The molecule has 0 N–H and O–H groups in total. The van der Waals surface area contributed by atoms with E-state index in [0.717, 1.165) is 5.57 Å². The summed E-state index contributed by atoms with van der Waals surface area (Å²) in [4.78, 5) is 0. The van der Waals surface area contributed by atoms with Gasteiger partial charge in [0.2, 0.25) is 0 Å². The van der Waals surface area contributed by atoms with Crippen molar-refractivity contribution in [1.29, 1.82) is 0 Å². The summed E-state index contributed by atoms with van der Waals surface area (Å²) in [5.41, 5.74) is 6.33. The van der Waals surface area contributed by atoms with Crippen molar-refractivity contribution in [2.75, 3.05) is 0 Å². The van der Waals surface area contributed by atoms with Crippen LogP contribution in [0.15, 0.2) is 49.0 Å². The second-order valence-electron chi connectivity index (χ2n) is 3.71. The predicted octanol–water partition coefficient (Wildman–Crippen LogP) is 4.33. The molecule has 0 aromatic heterocycles. The number of fused-ring (bicyclic) bond motifs is 3. The lowest BCUT2D eigenvalue weighted by Crippen LogP contribution is -1.79. The summed E-state index contributed by atoms with van der Waals surface area (Å²) >= 11 is 2.34. The average molecular weight is 304 g/mol. The maximum atomic E-state index is 4.17. The van der Waals surface area contributed by atoms with Gasteiger partial charge in [0, 0.05) is 3.57 Å². The van der Waals surface area contributed by atoms with Gasteiger partial charge in [0.1, 0.15) is 0 Å².